The Morgan fingerprint density at radius 2 is 0.597 bits per heavy atom. The molecule has 21 rings (SSSR count). The molecule has 0 N–H and O–H groups in total. The predicted octanol–water partition coefficient (Wildman–Crippen LogP) is 46.1. The van der Waals surface area contributed by atoms with Crippen molar-refractivity contribution >= 4 is 318 Å². The highest BCUT2D eigenvalue weighted by Gasteiger charge is 2.39. The summed E-state index contributed by atoms with van der Waals surface area (Å²) in [4.78, 5) is 55.0. The van der Waals surface area contributed by atoms with Gasteiger partial charge in [0, 0.05) is 186 Å². The first-order chi connectivity index (χ1) is 65.7. The third-order valence-electron chi connectivity index (χ3n) is 22.7. The second-order valence-corrected chi connectivity index (χ2v) is 53.6. The zero-order chi connectivity index (χ0) is 97.9. The Kier molecular flexibility index (Phi) is 43.7. The maximum atomic E-state index is 12.3. The quantitative estimate of drug-likeness (QED) is 0.0905. The third-order valence-corrected chi connectivity index (χ3v) is 40.2. The number of ether oxygens (including phenoxy) is 4. The summed E-state index contributed by atoms with van der Waals surface area (Å²) in [6.07, 6.45) is 34.0. The normalized spacial score (nSPS) is 12.2. The molecule has 6 nitrogen and oxygen atoms in total. The topological polar surface area (TPSA) is 71.1 Å². The van der Waals surface area contributed by atoms with Gasteiger partial charge < -0.3 is 18.9 Å². The van der Waals surface area contributed by atoms with Crippen LogP contribution in [0.3, 0.4) is 0 Å². The monoisotopic (exact) mass is 2210 g/mol. The number of ketones is 2. The molecule has 16 aromatic heterocycles. The van der Waals surface area contributed by atoms with Gasteiger partial charge >= 0.3 is 0 Å². The number of carbonyl (C=O) groups is 2. The Balaban J connectivity index is 0.000000207. The maximum absolute atomic E-state index is 12.3. The van der Waals surface area contributed by atoms with Crippen molar-refractivity contribution in [3.63, 3.8) is 0 Å². The number of allylic oxidation sites excluding steroid dienone is 7. The summed E-state index contributed by atoms with van der Waals surface area (Å²) in [5.41, 5.74) is 10.00. The zero-order valence-corrected chi connectivity index (χ0v) is 95.3. The highest BCUT2D eigenvalue weighted by Crippen LogP contribution is 2.58. The number of hydrogen-bond donors (Lipinski definition) is 0. The number of rotatable bonds is 17. The van der Waals surface area contributed by atoms with Gasteiger partial charge in [-0.15, -0.1) is 181 Å². The SMILES string of the molecule is C.C.C.C.C.C.C.C/C=C/c1cc2c(-c3cc(C)c(C)s3)c3sc(C)cc3c(-c3cc(C)c(C)s3)c2s1.C/C=C/c1cc2c(OC(C)C)c3sc(C)cc3c(OC(C)C)c2s1.C/C=C/c1cc2c(OC)c3sc(C)cc3c(OC)c2s1.C/C=C/c1cc2c(s1)-c1sc(C)cc1C2(C)C.C/C=C/c1cc2c(s1)C(=O)c1cc(C)sc1C2=O.C/C=C/c1cc2sc(C)cc2s1.C/C=C/c1ccc(/C=C/c2ccc(C)s2)s1. The Morgan fingerprint density at radius 3 is 1.07 bits per heavy atom. The highest BCUT2D eigenvalue weighted by molar-refractivity contribution is 7.29. The van der Waals surface area contributed by atoms with Crippen LogP contribution in [0.25, 0.3) is 155 Å². The smallest absolute Gasteiger partial charge is 0.205 e. The molecule has 22 heteroatoms. The number of hydrogen-bond acceptors (Lipinski definition) is 22. The van der Waals surface area contributed by atoms with Gasteiger partial charge in [-0.1, -0.05) is 108 Å². The number of fused-ring (bicyclic) bond motifs is 12. The molecule has 16 heterocycles. The first-order valence-corrected chi connectivity index (χ1v) is 58.6. The summed E-state index contributed by atoms with van der Waals surface area (Å²) in [5, 5.41) is 7.43. The molecule has 19 aromatic rings. The molecule has 0 saturated heterocycles. The minimum Gasteiger partial charge on any atom is -0.495 e. The van der Waals surface area contributed by atoms with Gasteiger partial charge in [-0.05, 0) is 338 Å². The largest absolute Gasteiger partial charge is 0.495 e. The Hall–Kier alpha value is -8.86. The van der Waals surface area contributed by atoms with Gasteiger partial charge in [0.05, 0.1) is 55.0 Å². The molecule has 2 aliphatic carbocycles. The van der Waals surface area contributed by atoms with Crippen LogP contribution in [0.2, 0.25) is 0 Å². The minimum absolute atomic E-state index is 0. The molecule has 0 spiro atoms. The molecule has 0 radical (unpaired) electrons. The van der Waals surface area contributed by atoms with E-state index < -0.39 is 0 Å². The molecular formula is C122H142O6S16. The molecule has 0 bridgehead atoms. The van der Waals surface area contributed by atoms with Crippen LogP contribution in [0.15, 0.2) is 152 Å². The lowest BCUT2D eigenvalue weighted by Crippen LogP contribution is -2.15. The summed E-state index contributed by atoms with van der Waals surface area (Å²) < 4.78 is 34.2. The van der Waals surface area contributed by atoms with Crippen molar-refractivity contribution in [2.45, 2.75) is 236 Å². The molecule has 3 aromatic carbocycles. The van der Waals surface area contributed by atoms with Crippen LogP contribution < -0.4 is 18.9 Å². The molecule has 0 atom stereocenters. The lowest BCUT2D eigenvalue weighted by Gasteiger charge is -2.18. The van der Waals surface area contributed by atoms with Crippen molar-refractivity contribution in [2.75, 3.05) is 14.2 Å². The number of methoxy groups -OCH3 is 2. The van der Waals surface area contributed by atoms with Crippen molar-refractivity contribution in [3.05, 3.63) is 283 Å². The maximum Gasteiger partial charge on any atom is 0.205 e. The Morgan fingerprint density at radius 1 is 0.271 bits per heavy atom. The van der Waals surface area contributed by atoms with Gasteiger partial charge in [-0.25, -0.2) is 0 Å². The Labute approximate surface area is 922 Å². The van der Waals surface area contributed by atoms with E-state index in [1.54, 1.807) is 59.6 Å². The molecule has 144 heavy (non-hydrogen) atoms. The van der Waals surface area contributed by atoms with Crippen LogP contribution in [0, 0.1) is 76.2 Å². The molecule has 0 saturated carbocycles. The van der Waals surface area contributed by atoms with E-state index in [-0.39, 0.29) is 81.2 Å². The van der Waals surface area contributed by atoms with Crippen LogP contribution in [0.5, 0.6) is 23.0 Å². The van der Waals surface area contributed by atoms with Crippen molar-refractivity contribution in [1.82, 2.24) is 0 Å². The van der Waals surface area contributed by atoms with Gasteiger partial charge in [-0.3, -0.25) is 9.59 Å². The highest BCUT2D eigenvalue weighted by atomic mass is 32.2. The summed E-state index contributed by atoms with van der Waals surface area (Å²) in [5.74, 6) is 3.89. The van der Waals surface area contributed by atoms with E-state index in [1.165, 1.54) is 203 Å². The molecule has 0 amide bonds. The standard InChI is InChI=1S/C26H24S4.C20H24O2S2.C16H16O2S2.C15H16S2.C14H10O2S2.C14H14S2.C10H10S2.7CH4/c1-7-8-18-12-20-24(22-10-14(3)17(6)29-22)25-19(11-15(4)27-25)23(26(20)30-18)21-9-13(2)16(5)28-21;1-7-8-14-10-16-18(22-12(4)5)19-15(9-13(6)23-19)17(20(16)24-14)21-11(2)3;1-5-6-10-8-12-14(18-4)15-11(7-9(2)19-15)13(17-3)16(12)20-10;1-5-6-10-8-12-14(17-10)13-11(15(12,3)4)7-9(2)16-13;1-3-4-8-6-10-12(16)13-9(5-7(2)17-13)11(15)14(10)18-8;1-3-4-12-7-9-14(16-12)10-8-13-6-5-11(2)15-13;1-3-4-8-6-10-9(12-8)5-7(2)11-10;;;;;;;/h7-12H,1-6H3;7-12H,1-6H3;5-8H,1-4H3;5-8H,1-4H3;3-6H,1-2H3;3-10H,1-2H3;3-6H,1-2H3;7*1H4/b2*8-7+;2*6-5+;4-3+;4-3+,10-8+;4-3+;;;;;;;. The van der Waals surface area contributed by atoms with Gasteiger partial charge in [0.15, 0.2) is 0 Å². The molecule has 0 unspecified atom stereocenters. The molecule has 2 aliphatic rings. The van der Waals surface area contributed by atoms with E-state index in [0.717, 1.165) is 53.6 Å². The van der Waals surface area contributed by atoms with E-state index >= 15 is 0 Å². The predicted molar refractivity (Wildman–Crippen MR) is 678 cm³/mol. The van der Waals surface area contributed by atoms with E-state index in [4.69, 9.17) is 18.9 Å². The summed E-state index contributed by atoms with van der Waals surface area (Å²) in [6, 6.07) is 39.9. The van der Waals surface area contributed by atoms with Crippen LogP contribution in [0.1, 0.15) is 283 Å². The van der Waals surface area contributed by atoms with Gasteiger partial charge in [0.25, 0.3) is 0 Å². The molecule has 0 aliphatic heterocycles. The summed E-state index contributed by atoms with van der Waals surface area (Å²) >= 11 is 28.8. The minimum atomic E-state index is -0.00953. The molecule has 0 fully saturated rings. The fourth-order valence-electron chi connectivity index (χ4n) is 16.6. The Bertz CT molecular complexity index is 7580. The molecule has 762 valence electrons. The number of benzene rings is 3. The van der Waals surface area contributed by atoms with Crippen LogP contribution in [0.4, 0.5) is 0 Å². The van der Waals surface area contributed by atoms with Gasteiger partial charge in [0.2, 0.25) is 11.6 Å². The van der Waals surface area contributed by atoms with Crippen LogP contribution in [-0.4, -0.2) is 38.0 Å². The van der Waals surface area contributed by atoms with Crippen molar-refractivity contribution in [1.29, 1.82) is 0 Å². The van der Waals surface area contributed by atoms with Crippen LogP contribution >= 0.6 is 181 Å². The fourth-order valence-corrected chi connectivity index (χ4v) is 34.2. The van der Waals surface area contributed by atoms with Crippen molar-refractivity contribution in [2.24, 2.45) is 0 Å². The molecular weight excluding hydrogens is 2070 g/mol. The van der Waals surface area contributed by atoms with Gasteiger partial charge in [0.1, 0.15) is 23.0 Å². The average Bonchev–Trinajstić information content (AvgIpc) is 1.56. The van der Waals surface area contributed by atoms with Crippen molar-refractivity contribution < 1.29 is 28.5 Å². The lowest BCUT2D eigenvalue weighted by atomic mass is 9.84. The van der Waals surface area contributed by atoms with E-state index in [1.807, 2.05) is 172 Å². The van der Waals surface area contributed by atoms with Crippen LogP contribution in [-0.2, 0) is 5.41 Å². The second-order valence-electron chi connectivity index (χ2n) is 34.5. The first kappa shape index (κ1) is 120. The first-order valence-electron chi connectivity index (χ1n) is 45.6. The van der Waals surface area contributed by atoms with Gasteiger partial charge in [-0.2, -0.15) is 0 Å². The zero-order valence-electron chi connectivity index (χ0n) is 82.3. The summed E-state index contributed by atoms with van der Waals surface area (Å²) in [7, 11) is 3.48. The van der Waals surface area contributed by atoms with E-state index in [0.29, 0.717) is 20.9 Å². The fraction of sp³-hybridized carbons (Fsp3) is 0.295. The lowest BCUT2D eigenvalue weighted by molar-refractivity contribution is 0.0986. The third kappa shape index (κ3) is 26.0. The average molecular weight is 2220 g/mol. The van der Waals surface area contributed by atoms with E-state index in [2.05, 4.69) is 314 Å². The van der Waals surface area contributed by atoms with Crippen molar-refractivity contribution in [3.8, 4) is 53.6 Å². The number of aryl methyl sites for hydroxylation is 11. The number of thiophene rings is 16. The summed E-state index contributed by atoms with van der Waals surface area (Å²) in [6.45, 7) is 51.1. The number of carbonyl (C=O) groups excluding carboxylic acids is 2. The van der Waals surface area contributed by atoms with E-state index in [9.17, 15) is 9.59 Å². The second kappa shape index (κ2) is 52.3.